The molecule has 0 aromatic heterocycles. The van der Waals surface area contributed by atoms with Crippen LogP contribution in [0.15, 0.2) is 0 Å². The standard InChI is InChI=1S/C15H33N3O4/c1-2-16-8-9-17-6-3-4-7-18-10-12-22-14-13-21-11-5-15(19)20/h16-18H,2-14H2,1H3,(H,19,20). The van der Waals surface area contributed by atoms with Crippen LogP contribution in [-0.2, 0) is 14.3 Å². The Morgan fingerprint density at radius 3 is 2.05 bits per heavy atom. The highest BCUT2D eigenvalue weighted by Gasteiger charge is 1.96. The summed E-state index contributed by atoms with van der Waals surface area (Å²) in [5.41, 5.74) is 0. The smallest absolute Gasteiger partial charge is 0.305 e. The van der Waals surface area contributed by atoms with Crippen LogP contribution in [0, 0.1) is 0 Å². The Bertz CT molecular complexity index is 243. The maximum Gasteiger partial charge on any atom is 0.305 e. The largest absolute Gasteiger partial charge is 0.481 e. The van der Waals surface area contributed by atoms with Crippen molar-refractivity contribution in [1.29, 1.82) is 0 Å². The van der Waals surface area contributed by atoms with Crippen molar-refractivity contribution in [1.82, 2.24) is 16.0 Å². The average molecular weight is 319 g/mol. The Balaban J connectivity index is 2.95. The summed E-state index contributed by atoms with van der Waals surface area (Å²) < 4.78 is 10.5. The molecule has 0 aliphatic carbocycles. The number of aliphatic carboxylic acids is 1. The highest BCUT2D eigenvalue weighted by molar-refractivity contribution is 5.66. The average Bonchev–Trinajstić information content (AvgIpc) is 2.50. The van der Waals surface area contributed by atoms with E-state index in [1.165, 1.54) is 6.42 Å². The van der Waals surface area contributed by atoms with Crippen molar-refractivity contribution in [2.24, 2.45) is 0 Å². The molecule has 0 aromatic rings. The van der Waals surface area contributed by atoms with E-state index in [0.29, 0.717) is 19.8 Å². The third-order valence-corrected chi connectivity index (χ3v) is 2.94. The number of hydrogen-bond donors (Lipinski definition) is 4. The van der Waals surface area contributed by atoms with E-state index in [-0.39, 0.29) is 13.0 Å². The molecule has 0 atom stereocenters. The van der Waals surface area contributed by atoms with Crippen LogP contribution in [0.2, 0.25) is 0 Å². The lowest BCUT2D eigenvalue weighted by Gasteiger charge is -2.07. The zero-order chi connectivity index (χ0) is 16.3. The summed E-state index contributed by atoms with van der Waals surface area (Å²) in [5, 5.41) is 18.4. The molecule has 0 unspecified atom stereocenters. The fraction of sp³-hybridized carbons (Fsp3) is 0.933. The minimum atomic E-state index is -0.835. The van der Waals surface area contributed by atoms with Crippen LogP contribution in [0.5, 0.6) is 0 Å². The quantitative estimate of drug-likeness (QED) is 0.266. The molecule has 132 valence electrons. The Morgan fingerprint density at radius 1 is 0.818 bits per heavy atom. The number of likely N-dealkylation sites (N-methyl/N-ethyl adjacent to an activating group) is 1. The van der Waals surface area contributed by atoms with Crippen LogP contribution >= 0.6 is 0 Å². The molecule has 0 saturated carbocycles. The summed E-state index contributed by atoms with van der Waals surface area (Å²) in [4.78, 5) is 10.2. The van der Waals surface area contributed by atoms with E-state index >= 15 is 0 Å². The van der Waals surface area contributed by atoms with Crippen molar-refractivity contribution >= 4 is 5.97 Å². The van der Waals surface area contributed by atoms with E-state index in [9.17, 15) is 4.79 Å². The summed E-state index contributed by atoms with van der Waals surface area (Å²) in [6.45, 7) is 9.99. The van der Waals surface area contributed by atoms with Crippen molar-refractivity contribution < 1.29 is 19.4 Å². The molecule has 0 amide bonds. The van der Waals surface area contributed by atoms with Crippen LogP contribution in [-0.4, -0.2) is 76.8 Å². The van der Waals surface area contributed by atoms with Crippen molar-refractivity contribution in [3.63, 3.8) is 0 Å². The zero-order valence-corrected chi connectivity index (χ0v) is 13.9. The summed E-state index contributed by atoms with van der Waals surface area (Å²) >= 11 is 0. The van der Waals surface area contributed by atoms with Gasteiger partial charge in [-0.15, -0.1) is 0 Å². The lowest BCUT2D eigenvalue weighted by atomic mass is 10.3. The monoisotopic (exact) mass is 319 g/mol. The van der Waals surface area contributed by atoms with Gasteiger partial charge in [-0.2, -0.15) is 0 Å². The number of rotatable bonds is 18. The molecule has 0 bridgehead atoms. The van der Waals surface area contributed by atoms with E-state index in [0.717, 1.165) is 45.7 Å². The minimum absolute atomic E-state index is 0.0472. The fourth-order valence-corrected chi connectivity index (χ4v) is 1.73. The third kappa shape index (κ3) is 19.3. The van der Waals surface area contributed by atoms with Gasteiger partial charge >= 0.3 is 5.97 Å². The first kappa shape index (κ1) is 21.3. The van der Waals surface area contributed by atoms with E-state index in [4.69, 9.17) is 14.6 Å². The van der Waals surface area contributed by atoms with Gasteiger partial charge < -0.3 is 30.5 Å². The second-order valence-corrected chi connectivity index (χ2v) is 4.93. The van der Waals surface area contributed by atoms with Gasteiger partial charge in [0, 0.05) is 19.6 Å². The summed E-state index contributed by atoms with van der Waals surface area (Å²) in [6, 6.07) is 0. The van der Waals surface area contributed by atoms with Crippen LogP contribution in [0.25, 0.3) is 0 Å². The Hall–Kier alpha value is -0.730. The van der Waals surface area contributed by atoms with Gasteiger partial charge in [0.1, 0.15) is 0 Å². The maximum atomic E-state index is 10.2. The predicted octanol–water partition coefficient (Wildman–Crippen LogP) is 0.0632. The Labute approximate surface area is 134 Å². The summed E-state index contributed by atoms with van der Waals surface area (Å²) in [7, 11) is 0. The Kier molecular flexibility index (Phi) is 17.7. The number of ether oxygens (including phenoxy) is 2. The predicted molar refractivity (Wildman–Crippen MR) is 87.4 cm³/mol. The van der Waals surface area contributed by atoms with Gasteiger partial charge in [-0.25, -0.2) is 0 Å². The van der Waals surface area contributed by atoms with Crippen molar-refractivity contribution in [3.8, 4) is 0 Å². The molecule has 0 fully saturated rings. The van der Waals surface area contributed by atoms with Gasteiger partial charge in [-0.3, -0.25) is 4.79 Å². The molecular formula is C15H33N3O4. The molecule has 7 heteroatoms. The van der Waals surface area contributed by atoms with Crippen molar-refractivity contribution in [3.05, 3.63) is 0 Å². The first-order chi connectivity index (χ1) is 10.8. The molecule has 0 spiro atoms. The molecule has 0 saturated heterocycles. The second kappa shape index (κ2) is 18.3. The van der Waals surface area contributed by atoms with Crippen LogP contribution in [0.1, 0.15) is 26.2 Å². The number of unbranched alkanes of at least 4 members (excludes halogenated alkanes) is 1. The maximum absolute atomic E-state index is 10.2. The van der Waals surface area contributed by atoms with Crippen LogP contribution in [0.4, 0.5) is 0 Å². The number of carboxylic acids is 1. The number of nitrogens with one attached hydrogen (secondary N) is 3. The molecule has 4 N–H and O–H groups in total. The van der Waals surface area contributed by atoms with E-state index in [2.05, 4.69) is 22.9 Å². The SMILES string of the molecule is CCNCCNCCCCNCCOCCOCCC(=O)O. The molecule has 22 heavy (non-hydrogen) atoms. The number of hydrogen-bond acceptors (Lipinski definition) is 6. The highest BCUT2D eigenvalue weighted by atomic mass is 16.5. The molecular weight excluding hydrogens is 286 g/mol. The molecule has 0 heterocycles. The van der Waals surface area contributed by atoms with E-state index in [1.807, 2.05) is 0 Å². The van der Waals surface area contributed by atoms with Crippen molar-refractivity contribution in [2.75, 3.05) is 65.7 Å². The fourth-order valence-electron chi connectivity index (χ4n) is 1.73. The normalized spacial score (nSPS) is 11.0. The molecule has 0 aliphatic rings. The molecule has 7 nitrogen and oxygen atoms in total. The van der Waals surface area contributed by atoms with Gasteiger partial charge in [-0.1, -0.05) is 6.92 Å². The Morgan fingerprint density at radius 2 is 1.41 bits per heavy atom. The lowest BCUT2D eigenvalue weighted by molar-refractivity contribution is -0.138. The molecule has 0 rings (SSSR count). The zero-order valence-electron chi connectivity index (χ0n) is 13.9. The van der Waals surface area contributed by atoms with E-state index in [1.54, 1.807) is 0 Å². The van der Waals surface area contributed by atoms with E-state index < -0.39 is 5.97 Å². The first-order valence-electron chi connectivity index (χ1n) is 8.26. The summed E-state index contributed by atoms with van der Waals surface area (Å²) in [5.74, 6) is -0.835. The minimum Gasteiger partial charge on any atom is -0.481 e. The topological polar surface area (TPSA) is 91.9 Å². The second-order valence-electron chi connectivity index (χ2n) is 4.93. The van der Waals surface area contributed by atoms with Gasteiger partial charge in [0.05, 0.1) is 32.8 Å². The van der Waals surface area contributed by atoms with Crippen LogP contribution in [0.3, 0.4) is 0 Å². The van der Waals surface area contributed by atoms with Crippen LogP contribution < -0.4 is 16.0 Å². The molecule has 0 aromatic carbocycles. The molecule has 0 radical (unpaired) electrons. The van der Waals surface area contributed by atoms with Gasteiger partial charge in [-0.05, 0) is 32.5 Å². The third-order valence-electron chi connectivity index (χ3n) is 2.94. The van der Waals surface area contributed by atoms with Gasteiger partial charge in [0.2, 0.25) is 0 Å². The summed E-state index contributed by atoms with van der Waals surface area (Å²) in [6.07, 6.45) is 2.38. The molecule has 0 aliphatic heterocycles. The highest BCUT2D eigenvalue weighted by Crippen LogP contribution is 1.85. The number of carbonyl (C=O) groups is 1. The van der Waals surface area contributed by atoms with Gasteiger partial charge in [0.25, 0.3) is 0 Å². The van der Waals surface area contributed by atoms with Gasteiger partial charge in [0.15, 0.2) is 0 Å². The van der Waals surface area contributed by atoms with Crippen molar-refractivity contribution in [2.45, 2.75) is 26.2 Å². The number of carboxylic acid groups (broad SMARTS) is 1. The first-order valence-corrected chi connectivity index (χ1v) is 8.26. The lowest BCUT2D eigenvalue weighted by Crippen LogP contribution is -2.28.